The van der Waals surface area contributed by atoms with Crippen molar-refractivity contribution < 1.29 is 18.3 Å². The van der Waals surface area contributed by atoms with Crippen LogP contribution >= 0.6 is 11.6 Å². The highest BCUT2D eigenvalue weighted by Crippen LogP contribution is 2.26. The van der Waals surface area contributed by atoms with Crippen LogP contribution in [0.2, 0.25) is 5.02 Å². The van der Waals surface area contributed by atoms with Crippen LogP contribution in [0.3, 0.4) is 0 Å². The minimum absolute atomic E-state index is 0.00484. The number of carbonyl (C=O) groups is 1. The Bertz CT molecular complexity index is 807. The molecule has 0 heterocycles. The fourth-order valence-corrected chi connectivity index (χ4v) is 2.58. The van der Waals surface area contributed by atoms with E-state index in [0.29, 0.717) is 30.8 Å². The molecule has 0 aliphatic heterocycles. The van der Waals surface area contributed by atoms with Crippen LogP contribution < -0.4 is 10.6 Å². The summed E-state index contributed by atoms with van der Waals surface area (Å²) in [6.45, 7) is 5.77. The van der Waals surface area contributed by atoms with E-state index in [4.69, 9.17) is 16.3 Å². The smallest absolute Gasteiger partial charge is 0.407 e. The van der Waals surface area contributed by atoms with Gasteiger partial charge in [0.05, 0.1) is 5.02 Å². The van der Waals surface area contributed by atoms with Crippen LogP contribution in [0.5, 0.6) is 0 Å². The topological polar surface area (TPSA) is 50.4 Å². The first-order chi connectivity index (χ1) is 12.6. The molecule has 0 radical (unpaired) electrons. The van der Waals surface area contributed by atoms with Gasteiger partial charge in [-0.2, -0.15) is 0 Å². The van der Waals surface area contributed by atoms with Gasteiger partial charge >= 0.3 is 6.09 Å². The number of ether oxygens (including phenoxy) is 1. The maximum atomic E-state index is 13.6. The monoisotopic (exact) mass is 396 g/mol. The zero-order chi connectivity index (χ0) is 20.0. The molecule has 0 spiro atoms. The lowest BCUT2D eigenvalue weighted by Gasteiger charge is -2.19. The second-order valence-electron chi connectivity index (χ2n) is 7.09. The maximum Gasteiger partial charge on any atom is 0.407 e. The molecular formula is C20H23ClF2N2O2. The van der Waals surface area contributed by atoms with Crippen molar-refractivity contribution in [1.29, 1.82) is 0 Å². The lowest BCUT2D eigenvalue weighted by atomic mass is 10.1. The Morgan fingerprint density at radius 3 is 2.56 bits per heavy atom. The van der Waals surface area contributed by atoms with E-state index < -0.39 is 17.5 Å². The number of alkyl carbamates (subject to hydrolysis) is 1. The van der Waals surface area contributed by atoms with E-state index in [-0.39, 0.29) is 10.8 Å². The Balaban J connectivity index is 1.97. The molecule has 0 saturated heterocycles. The third-order valence-electron chi connectivity index (χ3n) is 3.56. The van der Waals surface area contributed by atoms with Crippen molar-refractivity contribution in [2.45, 2.75) is 39.2 Å². The molecule has 0 aromatic heterocycles. The summed E-state index contributed by atoms with van der Waals surface area (Å²) in [4.78, 5) is 11.6. The highest BCUT2D eigenvalue weighted by atomic mass is 35.5. The van der Waals surface area contributed by atoms with Gasteiger partial charge in [-0.15, -0.1) is 0 Å². The van der Waals surface area contributed by atoms with Gasteiger partial charge in [-0.05, 0) is 75.6 Å². The minimum Gasteiger partial charge on any atom is -0.444 e. The molecular weight excluding hydrogens is 374 g/mol. The Morgan fingerprint density at radius 1 is 1.15 bits per heavy atom. The standard InChI is InChI=1S/C20H23ClF2N2O2/c1-20(2,3)27-19(26)24-10-4-5-13-11-14(22)6-9-18(13)25-15-7-8-17(23)16(21)12-15/h6-9,11-12,25H,4-5,10H2,1-3H3,(H,24,26). The van der Waals surface area contributed by atoms with Crippen molar-refractivity contribution in [1.82, 2.24) is 5.32 Å². The van der Waals surface area contributed by atoms with Gasteiger partial charge in [0.15, 0.2) is 0 Å². The van der Waals surface area contributed by atoms with E-state index in [0.717, 1.165) is 5.56 Å². The van der Waals surface area contributed by atoms with E-state index in [1.807, 2.05) is 0 Å². The number of hydrogen-bond donors (Lipinski definition) is 2. The lowest BCUT2D eigenvalue weighted by Crippen LogP contribution is -2.33. The molecule has 2 aromatic rings. The van der Waals surface area contributed by atoms with Gasteiger partial charge in [0.2, 0.25) is 0 Å². The molecule has 0 atom stereocenters. The molecule has 0 bridgehead atoms. The number of nitrogens with one attached hydrogen (secondary N) is 2. The van der Waals surface area contributed by atoms with Crippen LogP contribution in [0.25, 0.3) is 0 Å². The predicted molar refractivity (Wildman–Crippen MR) is 104 cm³/mol. The minimum atomic E-state index is -0.555. The van der Waals surface area contributed by atoms with Gasteiger partial charge in [0.25, 0.3) is 0 Å². The summed E-state index contributed by atoms with van der Waals surface area (Å²) in [5.74, 6) is -0.859. The van der Waals surface area contributed by atoms with Crippen molar-refractivity contribution in [2.75, 3.05) is 11.9 Å². The predicted octanol–water partition coefficient (Wildman–Crippen LogP) is 5.82. The molecule has 0 saturated carbocycles. The number of anilines is 2. The first-order valence-corrected chi connectivity index (χ1v) is 8.99. The van der Waals surface area contributed by atoms with Crippen LogP contribution in [0.1, 0.15) is 32.8 Å². The summed E-state index contributed by atoms with van der Waals surface area (Å²) in [5, 5.41) is 5.80. The van der Waals surface area contributed by atoms with Crippen LogP contribution in [0.15, 0.2) is 36.4 Å². The summed E-state index contributed by atoms with van der Waals surface area (Å²) in [6.07, 6.45) is 0.646. The Hall–Kier alpha value is -2.34. The number of carbonyl (C=O) groups excluding carboxylic acids is 1. The lowest BCUT2D eigenvalue weighted by molar-refractivity contribution is 0.0527. The van der Waals surface area contributed by atoms with Crippen molar-refractivity contribution in [3.63, 3.8) is 0 Å². The largest absolute Gasteiger partial charge is 0.444 e. The van der Waals surface area contributed by atoms with Gasteiger partial charge in [0.1, 0.15) is 17.2 Å². The highest BCUT2D eigenvalue weighted by molar-refractivity contribution is 6.31. The number of amides is 1. The highest BCUT2D eigenvalue weighted by Gasteiger charge is 2.15. The Morgan fingerprint density at radius 2 is 1.89 bits per heavy atom. The molecule has 4 nitrogen and oxygen atoms in total. The number of aryl methyl sites for hydroxylation is 1. The number of hydrogen-bond acceptors (Lipinski definition) is 3. The fraction of sp³-hybridized carbons (Fsp3) is 0.350. The fourth-order valence-electron chi connectivity index (χ4n) is 2.40. The normalized spacial score (nSPS) is 11.2. The van der Waals surface area contributed by atoms with E-state index in [1.165, 1.54) is 24.3 Å². The average molecular weight is 397 g/mol. The summed E-state index contributed by atoms with van der Waals surface area (Å²) >= 11 is 5.80. The second kappa shape index (κ2) is 9.04. The summed E-state index contributed by atoms with van der Waals surface area (Å²) in [6, 6.07) is 8.67. The Labute approximate surface area is 162 Å². The van der Waals surface area contributed by atoms with Crippen LogP contribution in [-0.4, -0.2) is 18.2 Å². The molecule has 27 heavy (non-hydrogen) atoms. The van der Waals surface area contributed by atoms with E-state index in [2.05, 4.69) is 10.6 Å². The molecule has 0 unspecified atom stereocenters. The SMILES string of the molecule is CC(C)(C)OC(=O)NCCCc1cc(F)ccc1Nc1ccc(F)c(Cl)c1. The molecule has 2 aromatic carbocycles. The molecule has 0 aliphatic rings. The van der Waals surface area contributed by atoms with Gasteiger partial charge in [-0.1, -0.05) is 11.6 Å². The Kier molecular flexibility index (Phi) is 7.02. The molecule has 7 heteroatoms. The molecule has 0 fully saturated rings. The number of halogens is 3. The van der Waals surface area contributed by atoms with E-state index >= 15 is 0 Å². The van der Waals surface area contributed by atoms with Gasteiger partial charge in [0, 0.05) is 17.9 Å². The zero-order valence-corrected chi connectivity index (χ0v) is 16.3. The third-order valence-corrected chi connectivity index (χ3v) is 3.85. The molecule has 0 aliphatic carbocycles. The molecule has 146 valence electrons. The molecule has 1 amide bonds. The maximum absolute atomic E-state index is 13.6. The average Bonchev–Trinajstić information content (AvgIpc) is 2.55. The summed E-state index contributed by atoms with van der Waals surface area (Å²) in [7, 11) is 0. The quantitative estimate of drug-likeness (QED) is 0.605. The van der Waals surface area contributed by atoms with Crippen molar-refractivity contribution in [3.8, 4) is 0 Å². The van der Waals surface area contributed by atoms with Gasteiger partial charge in [-0.25, -0.2) is 13.6 Å². The first-order valence-electron chi connectivity index (χ1n) is 8.61. The van der Waals surface area contributed by atoms with Crippen LogP contribution in [-0.2, 0) is 11.2 Å². The van der Waals surface area contributed by atoms with Crippen LogP contribution in [0.4, 0.5) is 25.0 Å². The second-order valence-corrected chi connectivity index (χ2v) is 7.49. The number of rotatable bonds is 6. The van der Waals surface area contributed by atoms with E-state index in [1.54, 1.807) is 32.9 Å². The summed E-state index contributed by atoms with van der Waals surface area (Å²) < 4.78 is 32.1. The third kappa shape index (κ3) is 7.06. The van der Waals surface area contributed by atoms with E-state index in [9.17, 15) is 13.6 Å². The molecule has 2 N–H and O–H groups in total. The molecule has 2 rings (SSSR count). The van der Waals surface area contributed by atoms with Crippen molar-refractivity contribution >= 4 is 29.1 Å². The van der Waals surface area contributed by atoms with Crippen molar-refractivity contribution in [3.05, 3.63) is 58.6 Å². The zero-order valence-electron chi connectivity index (χ0n) is 15.5. The van der Waals surface area contributed by atoms with Gasteiger partial charge in [-0.3, -0.25) is 0 Å². The van der Waals surface area contributed by atoms with Crippen LogP contribution in [0, 0.1) is 11.6 Å². The van der Waals surface area contributed by atoms with Crippen molar-refractivity contribution in [2.24, 2.45) is 0 Å². The first kappa shape index (κ1) is 21.0. The summed E-state index contributed by atoms with van der Waals surface area (Å²) in [5.41, 5.74) is 1.47. The van der Waals surface area contributed by atoms with Gasteiger partial charge < -0.3 is 15.4 Å². The number of benzene rings is 2.